The SMILES string of the molecule is COCCCN(c1nc(Nc2ccc3[nH]c(=O)[nH]c3c2)ncc1F)c1cccc2n[nH]nc12. The van der Waals surface area contributed by atoms with Gasteiger partial charge in [-0.1, -0.05) is 6.07 Å². The maximum atomic E-state index is 15.0. The lowest BCUT2D eigenvalue weighted by Gasteiger charge is -2.24. The number of anilines is 4. The van der Waals surface area contributed by atoms with Crippen LogP contribution in [0.25, 0.3) is 22.1 Å². The summed E-state index contributed by atoms with van der Waals surface area (Å²) in [5.74, 6) is -0.285. The van der Waals surface area contributed by atoms with Crippen molar-refractivity contribution in [2.75, 3.05) is 30.5 Å². The van der Waals surface area contributed by atoms with Crippen LogP contribution in [0.1, 0.15) is 6.42 Å². The topological polar surface area (TPSA) is 140 Å². The molecule has 0 aliphatic rings. The molecule has 0 saturated carbocycles. The number of imidazole rings is 1. The summed E-state index contributed by atoms with van der Waals surface area (Å²) in [5, 5.41) is 14.0. The minimum atomic E-state index is -0.580. The molecule has 5 aromatic rings. The van der Waals surface area contributed by atoms with Gasteiger partial charge >= 0.3 is 5.69 Å². The summed E-state index contributed by atoms with van der Waals surface area (Å²) in [6.07, 6.45) is 1.75. The number of ether oxygens (including phenoxy) is 1. The lowest BCUT2D eigenvalue weighted by molar-refractivity contribution is 0.196. The number of para-hydroxylation sites is 1. The van der Waals surface area contributed by atoms with Gasteiger partial charge in [0.05, 0.1) is 22.9 Å². The minimum Gasteiger partial charge on any atom is -0.385 e. The van der Waals surface area contributed by atoms with Crippen LogP contribution in [0.15, 0.2) is 47.4 Å². The molecule has 2 aromatic carbocycles. The molecule has 0 saturated heterocycles. The van der Waals surface area contributed by atoms with E-state index in [2.05, 4.69) is 40.7 Å². The highest BCUT2D eigenvalue weighted by molar-refractivity contribution is 5.90. The zero-order chi connectivity index (χ0) is 22.8. The van der Waals surface area contributed by atoms with E-state index >= 15 is 0 Å². The maximum absolute atomic E-state index is 15.0. The van der Waals surface area contributed by atoms with Crippen LogP contribution in [0.2, 0.25) is 0 Å². The van der Waals surface area contributed by atoms with E-state index in [-0.39, 0.29) is 17.5 Å². The van der Waals surface area contributed by atoms with Crippen molar-refractivity contribution in [3.63, 3.8) is 0 Å². The first kappa shape index (κ1) is 20.6. The number of methoxy groups -OCH3 is 1. The lowest BCUT2D eigenvalue weighted by Crippen LogP contribution is -2.23. The van der Waals surface area contributed by atoms with E-state index in [4.69, 9.17) is 4.74 Å². The van der Waals surface area contributed by atoms with Crippen molar-refractivity contribution in [1.82, 2.24) is 35.3 Å². The molecule has 0 aliphatic carbocycles. The molecule has 0 fully saturated rings. The van der Waals surface area contributed by atoms with Gasteiger partial charge in [-0.05, 0) is 36.8 Å². The second kappa shape index (κ2) is 8.67. The molecule has 3 aromatic heterocycles. The average Bonchev–Trinajstić information content (AvgIpc) is 3.44. The monoisotopic (exact) mass is 449 g/mol. The zero-order valence-corrected chi connectivity index (χ0v) is 17.6. The molecule has 11 nitrogen and oxygen atoms in total. The number of hydrogen-bond donors (Lipinski definition) is 4. The molecule has 0 spiro atoms. The molecule has 5 rings (SSSR count). The second-order valence-corrected chi connectivity index (χ2v) is 7.30. The third-order valence-electron chi connectivity index (χ3n) is 5.10. The predicted octanol–water partition coefficient (Wildman–Crippen LogP) is 2.97. The van der Waals surface area contributed by atoms with E-state index in [0.717, 1.165) is 6.20 Å². The van der Waals surface area contributed by atoms with Crippen molar-refractivity contribution in [2.24, 2.45) is 0 Å². The van der Waals surface area contributed by atoms with E-state index < -0.39 is 5.82 Å². The second-order valence-electron chi connectivity index (χ2n) is 7.30. The largest absolute Gasteiger partial charge is 0.385 e. The van der Waals surface area contributed by atoms with Crippen LogP contribution in [0, 0.1) is 5.82 Å². The molecule has 33 heavy (non-hydrogen) atoms. The van der Waals surface area contributed by atoms with E-state index in [0.29, 0.717) is 53.0 Å². The molecule has 3 heterocycles. The van der Waals surface area contributed by atoms with Crippen molar-refractivity contribution < 1.29 is 9.13 Å². The zero-order valence-electron chi connectivity index (χ0n) is 17.6. The number of H-pyrrole nitrogens is 3. The molecule has 12 heteroatoms. The van der Waals surface area contributed by atoms with Gasteiger partial charge in [-0.2, -0.15) is 20.4 Å². The Morgan fingerprint density at radius 2 is 2.03 bits per heavy atom. The summed E-state index contributed by atoms with van der Waals surface area (Å²) >= 11 is 0. The van der Waals surface area contributed by atoms with Gasteiger partial charge in [-0.25, -0.2) is 14.2 Å². The van der Waals surface area contributed by atoms with Gasteiger partial charge in [-0.3, -0.25) is 0 Å². The Morgan fingerprint density at radius 3 is 2.91 bits per heavy atom. The van der Waals surface area contributed by atoms with Crippen LogP contribution in [-0.2, 0) is 4.74 Å². The third kappa shape index (κ3) is 4.11. The highest BCUT2D eigenvalue weighted by atomic mass is 19.1. The molecular formula is C21H20FN9O2. The molecule has 0 unspecified atom stereocenters. The summed E-state index contributed by atoms with van der Waals surface area (Å²) in [6.45, 7) is 0.932. The van der Waals surface area contributed by atoms with Crippen molar-refractivity contribution in [2.45, 2.75) is 6.42 Å². The Hall–Kier alpha value is -4.32. The van der Waals surface area contributed by atoms with Crippen LogP contribution in [0.4, 0.5) is 27.5 Å². The number of fused-ring (bicyclic) bond motifs is 2. The number of aromatic amines is 3. The number of nitrogens with one attached hydrogen (secondary N) is 4. The lowest BCUT2D eigenvalue weighted by atomic mass is 10.2. The van der Waals surface area contributed by atoms with E-state index in [1.807, 2.05) is 18.2 Å². The number of benzene rings is 2. The predicted molar refractivity (Wildman–Crippen MR) is 122 cm³/mol. The standard InChI is InChI=1S/C21H20FN9O2/c1-33-9-3-8-31(17-5-2-4-15-18(17)29-30-28-15)19-13(22)11-23-20(27-19)24-12-6-7-14-16(10-12)26-21(32)25-14/h2,4-7,10-11H,3,8-9H2,1H3,(H,23,24,27)(H2,25,26,32)(H,28,29,30). The summed E-state index contributed by atoms with van der Waals surface area (Å²) in [7, 11) is 1.62. The summed E-state index contributed by atoms with van der Waals surface area (Å²) in [5.41, 5.74) is 3.57. The molecule has 0 amide bonds. The van der Waals surface area contributed by atoms with Gasteiger partial charge < -0.3 is 24.9 Å². The number of hydrogen-bond acceptors (Lipinski definition) is 8. The van der Waals surface area contributed by atoms with Crippen LogP contribution < -0.4 is 15.9 Å². The number of nitrogens with zero attached hydrogens (tertiary/aromatic N) is 5. The van der Waals surface area contributed by atoms with Crippen molar-refractivity contribution in [3.8, 4) is 0 Å². The molecule has 4 N–H and O–H groups in total. The molecule has 0 bridgehead atoms. The Bertz CT molecular complexity index is 1480. The minimum absolute atomic E-state index is 0.0928. The van der Waals surface area contributed by atoms with Crippen molar-refractivity contribution >= 4 is 45.2 Å². The average molecular weight is 449 g/mol. The van der Waals surface area contributed by atoms with Gasteiger partial charge in [-0.15, -0.1) is 0 Å². The maximum Gasteiger partial charge on any atom is 0.323 e. The Labute approximate surface area is 186 Å². The van der Waals surface area contributed by atoms with E-state index in [1.165, 1.54) is 0 Å². The fourth-order valence-electron chi connectivity index (χ4n) is 3.63. The first-order chi connectivity index (χ1) is 16.1. The molecule has 168 valence electrons. The quantitative estimate of drug-likeness (QED) is 0.265. The summed E-state index contributed by atoms with van der Waals surface area (Å²) < 4.78 is 20.2. The Balaban J connectivity index is 1.52. The van der Waals surface area contributed by atoms with Crippen LogP contribution >= 0.6 is 0 Å². The highest BCUT2D eigenvalue weighted by Crippen LogP contribution is 2.32. The molecular weight excluding hydrogens is 429 g/mol. The summed E-state index contributed by atoms with van der Waals surface area (Å²) in [6, 6.07) is 10.7. The van der Waals surface area contributed by atoms with Crippen LogP contribution in [0.5, 0.6) is 0 Å². The highest BCUT2D eigenvalue weighted by Gasteiger charge is 2.20. The molecule has 0 atom stereocenters. The molecule has 0 radical (unpaired) electrons. The first-order valence-corrected chi connectivity index (χ1v) is 10.2. The van der Waals surface area contributed by atoms with Gasteiger partial charge in [0.1, 0.15) is 11.0 Å². The molecule has 0 aliphatic heterocycles. The summed E-state index contributed by atoms with van der Waals surface area (Å²) in [4.78, 5) is 27.2. The van der Waals surface area contributed by atoms with Crippen molar-refractivity contribution in [3.05, 3.63) is 58.9 Å². The normalized spacial score (nSPS) is 11.3. The van der Waals surface area contributed by atoms with E-state index in [9.17, 15) is 9.18 Å². The van der Waals surface area contributed by atoms with Gasteiger partial charge in [0.15, 0.2) is 11.6 Å². The Kier molecular flexibility index (Phi) is 5.40. The van der Waals surface area contributed by atoms with Gasteiger partial charge in [0.25, 0.3) is 0 Å². The fourth-order valence-corrected chi connectivity index (χ4v) is 3.63. The number of rotatable bonds is 8. The first-order valence-electron chi connectivity index (χ1n) is 10.2. The number of aromatic nitrogens is 7. The smallest absolute Gasteiger partial charge is 0.323 e. The fraction of sp³-hybridized carbons (Fsp3) is 0.190. The van der Waals surface area contributed by atoms with E-state index in [1.54, 1.807) is 30.2 Å². The van der Waals surface area contributed by atoms with Crippen LogP contribution in [-0.4, -0.2) is 55.6 Å². The third-order valence-corrected chi connectivity index (χ3v) is 5.10. The van der Waals surface area contributed by atoms with Gasteiger partial charge in [0, 0.05) is 25.9 Å². The van der Waals surface area contributed by atoms with Gasteiger partial charge in [0.2, 0.25) is 5.95 Å². The Morgan fingerprint density at radius 1 is 1.15 bits per heavy atom. The van der Waals surface area contributed by atoms with Crippen LogP contribution in [0.3, 0.4) is 0 Å². The number of halogens is 1. The van der Waals surface area contributed by atoms with Crippen molar-refractivity contribution in [1.29, 1.82) is 0 Å².